The Hall–Kier alpha value is -1.20. The van der Waals surface area contributed by atoms with E-state index in [1.807, 2.05) is 12.1 Å². The van der Waals surface area contributed by atoms with Crippen molar-refractivity contribution in [1.82, 2.24) is 4.90 Å². The number of carboxylic acids is 1. The smallest absolute Gasteiger partial charge is 0.329 e. The van der Waals surface area contributed by atoms with Gasteiger partial charge in [0.1, 0.15) is 5.54 Å². The molecule has 0 bridgehead atoms. The van der Waals surface area contributed by atoms with Crippen molar-refractivity contribution < 1.29 is 14.7 Å². The number of hydrogen-bond donors (Lipinski definition) is 1. The highest BCUT2D eigenvalue weighted by molar-refractivity contribution is 8.00. The third-order valence-electron chi connectivity index (χ3n) is 2.91. The van der Waals surface area contributed by atoms with Crippen molar-refractivity contribution in [3.8, 4) is 0 Å². The van der Waals surface area contributed by atoms with E-state index in [1.165, 1.54) is 37.6 Å². The number of nitrogens with zero attached hydrogens (tertiary/aromatic N) is 1. The number of benzene rings is 1. The summed E-state index contributed by atoms with van der Waals surface area (Å²) in [7, 11) is 1.50. The first-order valence-corrected chi connectivity index (χ1v) is 7.00. The molecule has 1 aromatic carbocycles. The zero-order valence-corrected chi connectivity index (χ0v) is 12.6. The van der Waals surface area contributed by atoms with E-state index in [4.69, 9.17) is 16.7 Å². The molecule has 1 amide bonds. The number of likely N-dealkylation sites (N-methyl/N-ethyl adjacent to an activating group) is 1. The summed E-state index contributed by atoms with van der Waals surface area (Å²) in [5.74, 6) is -1.07. The number of thioether (sulfide) groups is 1. The van der Waals surface area contributed by atoms with E-state index >= 15 is 0 Å². The van der Waals surface area contributed by atoms with Gasteiger partial charge in [-0.25, -0.2) is 4.79 Å². The quantitative estimate of drug-likeness (QED) is 0.850. The second kappa shape index (κ2) is 6.30. The molecule has 4 nitrogen and oxygen atoms in total. The number of carboxylic acid groups (broad SMARTS) is 1. The maximum absolute atomic E-state index is 12.0. The third-order valence-corrected chi connectivity index (χ3v) is 4.16. The Morgan fingerprint density at radius 3 is 2.32 bits per heavy atom. The van der Waals surface area contributed by atoms with Gasteiger partial charge in [-0.1, -0.05) is 11.6 Å². The minimum atomic E-state index is -1.21. The van der Waals surface area contributed by atoms with Gasteiger partial charge in [0, 0.05) is 17.0 Å². The highest BCUT2D eigenvalue weighted by Gasteiger charge is 2.34. The van der Waals surface area contributed by atoms with Gasteiger partial charge in [0.25, 0.3) is 0 Å². The summed E-state index contributed by atoms with van der Waals surface area (Å²) >= 11 is 7.12. The normalized spacial score (nSPS) is 11.2. The topological polar surface area (TPSA) is 57.6 Å². The second-order valence-electron chi connectivity index (χ2n) is 4.56. The SMILES string of the molecule is CN(C(=O)CSc1ccc(Cl)cc1)C(C)(C)C(=O)O. The maximum atomic E-state index is 12.0. The van der Waals surface area contributed by atoms with E-state index in [-0.39, 0.29) is 11.7 Å². The fraction of sp³-hybridized carbons (Fsp3) is 0.385. The number of carbonyl (C=O) groups excluding carboxylic acids is 1. The van der Waals surface area contributed by atoms with Crippen molar-refractivity contribution >= 4 is 35.2 Å². The largest absolute Gasteiger partial charge is 0.480 e. The van der Waals surface area contributed by atoms with E-state index in [9.17, 15) is 9.59 Å². The van der Waals surface area contributed by atoms with Crippen LogP contribution in [-0.2, 0) is 9.59 Å². The molecule has 0 fully saturated rings. The van der Waals surface area contributed by atoms with E-state index in [0.29, 0.717) is 5.02 Å². The van der Waals surface area contributed by atoms with Crippen LogP contribution in [0.25, 0.3) is 0 Å². The summed E-state index contributed by atoms with van der Waals surface area (Å²) in [6.45, 7) is 3.00. The molecule has 0 radical (unpaired) electrons. The highest BCUT2D eigenvalue weighted by atomic mass is 35.5. The first-order valence-electron chi connectivity index (χ1n) is 5.63. The number of aliphatic carboxylic acids is 1. The molecule has 0 heterocycles. The molecule has 0 aliphatic heterocycles. The van der Waals surface area contributed by atoms with Gasteiger partial charge in [-0.2, -0.15) is 0 Å². The third kappa shape index (κ3) is 4.14. The van der Waals surface area contributed by atoms with E-state index in [1.54, 1.807) is 12.1 Å². The molecule has 0 unspecified atom stereocenters. The van der Waals surface area contributed by atoms with Crippen LogP contribution in [0.3, 0.4) is 0 Å². The Kier molecular flexibility index (Phi) is 5.26. The Balaban J connectivity index is 2.61. The van der Waals surface area contributed by atoms with Crippen LogP contribution in [0, 0.1) is 0 Å². The lowest BCUT2D eigenvalue weighted by Crippen LogP contribution is -2.51. The molecular weight excluding hydrogens is 286 g/mol. The molecule has 0 atom stereocenters. The van der Waals surface area contributed by atoms with Gasteiger partial charge in [0.2, 0.25) is 5.91 Å². The minimum Gasteiger partial charge on any atom is -0.480 e. The molecule has 104 valence electrons. The zero-order chi connectivity index (χ0) is 14.6. The van der Waals surface area contributed by atoms with Gasteiger partial charge in [0.05, 0.1) is 5.75 Å². The summed E-state index contributed by atoms with van der Waals surface area (Å²) in [5, 5.41) is 9.70. The number of amides is 1. The summed E-state index contributed by atoms with van der Waals surface area (Å²) in [5.41, 5.74) is -1.21. The Morgan fingerprint density at radius 2 is 1.84 bits per heavy atom. The van der Waals surface area contributed by atoms with Crippen LogP contribution in [0.15, 0.2) is 29.2 Å². The van der Waals surface area contributed by atoms with Crippen LogP contribution in [-0.4, -0.2) is 40.2 Å². The number of halogens is 1. The van der Waals surface area contributed by atoms with Crippen molar-refractivity contribution in [1.29, 1.82) is 0 Å². The molecule has 1 N–H and O–H groups in total. The molecule has 0 saturated carbocycles. The van der Waals surface area contributed by atoms with Crippen LogP contribution in [0.1, 0.15) is 13.8 Å². The predicted octanol–water partition coefficient (Wildman–Crippen LogP) is 2.75. The number of hydrogen-bond acceptors (Lipinski definition) is 3. The van der Waals surface area contributed by atoms with E-state index in [0.717, 1.165) is 4.90 Å². The molecule has 0 aliphatic rings. The summed E-state index contributed by atoms with van der Waals surface area (Å²) < 4.78 is 0. The van der Waals surface area contributed by atoms with Gasteiger partial charge in [0.15, 0.2) is 0 Å². The molecule has 0 aromatic heterocycles. The van der Waals surface area contributed by atoms with E-state index in [2.05, 4.69) is 0 Å². The van der Waals surface area contributed by atoms with Gasteiger partial charge >= 0.3 is 5.97 Å². The standard InChI is InChI=1S/C13H16ClNO3S/c1-13(2,12(17)18)15(3)11(16)8-19-10-6-4-9(14)5-7-10/h4-7H,8H2,1-3H3,(H,17,18). The van der Waals surface area contributed by atoms with Crippen molar-refractivity contribution in [2.75, 3.05) is 12.8 Å². The van der Waals surface area contributed by atoms with Crippen molar-refractivity contribution in [3.05, 3.63) is 29.3 Å². The van der Waals surface area contributed by atoms with Crippen LogP contribution in [0.4, 0.5) is 0 Å². The summed E-state index contributed by atoms with van der Waals surface area (Å²) in [4.78, 5) is 25.2. The molecule has 6 heteroatoms. The average molecular weight is 302 g/mol. The fourth-order valence-electron chi connectivity index (χ4n) is 1.23. The molecule has 1 aromatic rings. The fourth-order valence-corrected chi connectivity index (χ4v) is 2.17. The molecule has 19 heavy (non-hydrogen) atoms. The van der Waals surface area contributed by atoms with Crippen molar-refractivity contribution in [2.45, 2.75) is 24.3 Å². The van der Waals surface area contributed by atoms with Crippen molar-refractivity contribution in [3.63, 3.8) is 0 Å². The molecular formula is C13H16ClNO3S. The average Bonchev–Trinajstić information content (AvgIpc) is 2.36. The Labute approximate surface area is 121 Å². The lowest BCUT2D eigenvalue weighted by atomic mass is 10.0. The van der Waals surface area contributed by atoms with Gasteiger partial charge in [-0.05, 0) is 38.1 Å². The molecule has 0 saturated heterocycles. The van der Waals surface area contributed by atoms with Gasteiger partial charge in [-0.3, -0.25) is 4.79 Å². The first kappa shape index (κ1) is 15.9. The number of rotatable bonds is 5. The summed E-state index contributed by atoms with van der Waals surface area (Å²) in [6.07, 6.45) is 0. The monoisotopic (exact) mass is 301 g/mol. The van der Waals surface area contributed by atoms with Crippen LogP contribution >= 0.6 is 23.4 Å². The Morgan fingerprint density at radius 1 is 1.32 bits per heavy atom. The minimum absolute atomic E-state index is 0.189. The number of carbonyl (C=O) groups is 2. The van der Waals surface area contributed by atoms with E-state index < -0.39 is 11.5 Å². The molecule has 1 rings (SSSR count). The summed E-state index contributed by atoms with van der Waals surface area (Å²) in [6, 6.07) is 7.14. The molecule has 0 aliphatic carbocycles. The van der Waals surface area contributed by atoms with Gasteiger partial charge < -0.3 is 10.0 Å². The highest BCUT2D eigenvalue weighted by Crippen LogP contribution is 2.22. The lowest BCUT2D eigenvalue weighted by molar-refractivity contribution is -0.154. The Bertz CT molecular complexity index is 473. The van der Waals surface area contributed by atoms with Crippen LogP contribution in [0.5, 0.6) is 0 Å². The van der Waals surface area contributed by atoms with Crippen LogP contribution in [0.2, 0.25) is 5.02 Å². The lowest BCUT2D eigenvalue weighted by Gasteiger charge is -2.31. The van der Waals surface area contributed by atoms with Gasteiger partial charge in [-0.15, -0.1) is 11.8 Å². The first-order chi connectivity index (χ1) is 8.75. The maximum Gasteiger partial charge on any atom is 0.329 e. The second-order valence-corrected chi connectivity index (χ2v) is 6.04. The predicted molar refractivity (Wildman–Crippen MR) is 76.7 cm³/mol. The van der Waals surface area contributed by atoms with Crippen molar-refractivity contribution in [2.24, 2.45) is 0 Å². The van der Waals surface area contributed by atoms with Crippen LogP contribution < -0.4 is 0 Å². The molecule has 0 spiro atoms. The zero-order valence-electron chi connectivity index (χ0n) is 11.0.